The summed E-state index contributed by atoms with van der Waals surface area (Å²) in [5.41, 5.74) is 1.98. The van der Waals surface area contributed by atoms with E-state index < -0.39 is 0 Å². The first kappa shape index (κ1) is 16.2. The first-order valence-corrected chi connectivity index (χ1v) is 8.41. The van der Waals surface area contributed by atoms with Gasteiger partial charge in [-0.3, -0.25) is 0 Å². The van der Waals surface area contributed by atoms with Crippen LogP contribution in [0.2, 0.25) is 0 Å². The van der Waals surface area contributed by atoms with E-state index in [0.717, 1.165) is 50.6 Å². The molecule has 0 radical (unpaired) electrons. The zero-order valence-corrected chi connectivity index (χ0v) is 15.5. The monoisotopic (exact) mass is 412 g/mol. The van der Waals surface area contributed by atoms with Crippen molar-refractivity contribution in [3.63, 3.8) is 0 Å². The Morgan fingerprint density at radius 2 is 1.81 bits per heavy atom. The van der Waals surface area contributed by atoms with Gasteiger partial charge in [0.2, 0.25) is 0 Å². The summed E-state index contributed by atoms with van der Waals surface area (Å²) in [5.74, 6) is 2.45. The van der Waals surface area contributed by atoms with Crippen LogP contribution in [0.5, 0.6) is 0 Å². The zero-order valence-electron chi connectivity index (χ0n) is 12.3. The lowest BCUT2D eigenvalue weighted by Crippen LogP contribution is -2.09. The number of rotatable bonds is 5. The number of aryl methyl sites for hydroxylation is 1. The second kappa shape index (κ2) is 7.22. The molecule has 21 heavy (non-hydrogen) atoms. The van der Waals surface area contributed by atoms with Crippen LogP contribution in [0.4, 0.5) is 17.3 Å². The van der Waals surface area contributed by atoms with Crippen LogP contribution in [-0.4, -0.2) is 16.5 Å². The Bertz CT molecular complexity index is 644. The standard InChI is InChI=1S/C15H18Br2N4/c1-4-7-18-14-9(2)15(20-10(3)19-14)21-13-8-11(16)5-6-12(13)17/h5-6,8H,4,7H2,1-3H3,(H2,18,19,20,21). The van der Waals surface area contributed by atoms with E-state index in [4.69, 9.17) is 0 Å². The lowest BCUT2D eigenvalue weighted by molar-refractivity contribution is 0.948. The van der Waals surface area contributed by atoms with Crippen molar-refractivity contribution >= 4 is 49.2 Å². The van der Waals surface area contributed by atoms with Crippen LogP contribution in [0.25, 0.3) is 0 Å². The summed E-state index contributed by atoms with van der Waals surface area (Å²) in [7, 11) is 0. The topological polar surface area (TPSA) is 49.8 Å². The zero-order chi connectivity index (χ0) is 15.4. The molecule has 2 N–H and O–H groups in total. The molecule has 0 saturated carbocycles. The maximum atomic E-state index is 4.51. The third-order valence-electron chi connectivity index (χ3n) is 2.98. The molecule has 0 saturated heterocycles. The first-order chi connectivity index (χ1) is 10.0. The number of anilines is 3. The van der Waals surface area contributed by atoms with Gasteiger partial charge in [0, 0.05) is 21.1 Å². The van der Waals surface area contributed by atoms with E-state index in [9.17, 15) is 0 Å². The number of hydrogen-bond donors (Lipinski definition) is 2. The predicted molar refractivity (Wildman–Crippen MR) is 95.4 cm³/mol. The maximum absolute atomic E-state index is 4.51. The van der Waals surface area contributed by atoms with Crippen molar-refractivity contribution in [1.82, 2.24) is 9.97 Å². The molecule has 0 amide bonds. The van der Waals surface area contributed by atoms with Crippen molar-refractivity contribution in [3.05, 3.63) is 38.5 Å². The summed E-state index contributed by atoms with van der Waals surface area (Å²) < 4.78 is 2.00. The maximum Gasteiger partial charge on any atom is 0.139 e. The molecule has 2 rings (SSSR count). The van der Waals surface area contributed by atoms with Gasteiger partial charge in [0.15, 0.2) is 0 Å². The highest BCUT2D eigenvalue weighted by Crippen LogP contribution is 2.30. The van der Waals surface area contributed by atoms with Crippen molar-refractivity contribution in [3.8, 4) is 0 Å². The van der Waals surface area contributed by atoms with E-state index in [0.29, 0.717) is 0 Å². The van der Waals surface area contributed by atoms with Gasteiger partial charge < -0.3 is 10.6 Å². The Morgan fingerprint density at radius 3 is 2.52 bits per heavy atom. The van der Waals surface area contributed by atoms with Crippen LogP contribution in [0.15, 0.2) is 27.1 Å². The molecule has 0 aliphatic heterocycles. The van der Waals surface area contributed by atoms with E-state index in [1.807, 2.05) is 32.0 Å². The first-order valence-electron chi connectivity index (χ1n) is 6.82. The van der Waals surface area contributed by atoms with Gasteiger partial charge in [0.25, 0.3) is 0 Å². The number of nitrogens with one attached hydrogen (secondary N) is 2. The van der Waals surface area contributed by atoms with Gasteiger partial charge in [-0.25, -0.2) is 9.97 Å². The van der Waals surface area contributed by atoms with Crippen LogP contribution in [0, 0.1) is 13.8 Å². The van der Waals surface area contributed by atoms with E-state index in [2.05, 4.69) is 59.4 Å². The molecule has 0 aliphatic rings. The van der Waals surface area contributed by atoms with Gasteiger partial charge in [0.05, 0.1) is 5.69 Å². The summed E-state index contributed by atoms with van der Waals surface area (Å²) in [6.45, 7) is 6.95. The van der Waals surface area contributed by atoms with Crippen molar-refractivity contribution in [1.29, 1.82) is 0 Å². The Kier molecular flexibility index (Phi) is 5.58. The van der Waals surface area contributed by atoms with Gasteiger partial charge in [-0.1, -0.05) is 22.9 Å². The molecular formula is C15H18Br2N4. The largest absolute Gasteiger partial charge is 0.370 e. The van der Waals surface area contributed by atoms with Crippen LogP contribution in [0.1, 0.15) is 24.7 Å². The molecule has 0 fully saturated rings. The summed E-state index contributed by atoms with van der Waals surface area (Å²) in [6, 6.07) is 5.99. The van der Waals surface area contributed by atoms with Crippen LogP contribution < -0.4 is 10.6 Å². The Labute approximate surface area is 142 Å². The average molecular weight is 414 g/mol. The van der Waals surface area contributed by atoms with E-state index in [1.54, 1.807) is 0 Å². The van der Waals surface area contributed by atoms with Crippen molar-refractivity contribution < 1.29 is 0 Å². The smallest absolute Gasteiger partial charge is 0.139 e. The SMILES string of the molecule is CCCNc1nc(C)nc(Nc2cc(Br)ccc2Br)c1C. The Balaban J connectivity index is 2.35. The number of aromatic nitrogens is 2. The fourth-order valence-corrected chi connectivity index (χ4v) is 2.59. The molecule has 1 heterocycles. The summed E-state index contributed by atoms with van der Waals surface area (Å²) in [6.07, 6.45) is 1.06. The third kappa shape index (κ3) is 4.17. The second-order valence-electron chi connectivity index (χ2n) is 4.77. The number of benzene rings is 1. The van der Waals surface area contributed by atoms with Crippen molar-refractivity contribution in [2.24, 2.45) is 0 Å². The molecule has 0 atom stereocenters. The molecule has 4 nitrogen and oxygen atoms in total. The molecule has 0 unspecified atom stereocenters. The number of halogens is 2. The van der Waals surface area contributed by atoms with Crippen molar-refractivity contribution in [2.75, 3.05) is 17.2 Å². The summed E-state index contributed by atoms with van der Waals surface area (Å²) in [5, 5.41) is 6.71. The van der Waals surface area contributed by atoms with Gasteiger partial charge in [-0.2, -0.15) is 0 Å². The summed E-state index contributed by atoms with van der Waals surface area (Å²) in [4.78, 5) is 8.98. The summed E-state index contributed by atoms with van der Waals surface area (Å²) >= 11 is 7.03. The Morgan fingerprint density at radius 1 is 1.10 bits per heavy atom. The molecule has 2 aromatic rings. The third-order valence-corrected chi connectivity index (χ3v) is 4.17. The molecule has 0 aliphatic carbocycles. The average Bonchev–Trinajstić information content (AvgIpc) is 2.44. The van der Waals surface area contributed by atoms with Crippen LogP contribution >= 0.6 is 31.9 Å². The molecule has 0 bridgehead atoms. The molecule has 0 spiro atoms. The Hall–Kier alpha value is -1.14. The molecule has 6 heteroatoms. The fourth-order valence-electron chi connectivity index (χ4n) is 1.89. The number of nitrogens with zero attached hydrogens (tertiary/aromatic N) is 2. The lowest BCUT2D eigenvalue weighted by Gasteiger charge is -2.15. The molecule has 112 valence electrons. The lowest BCUT2D eigenvalue weighted by atomic mass is 10.2. The van der Waals surface area contributed by atoms with E-state index in [-0.39, 0.29) is 0 Å². The highest BCUT2D eigenvalue weighted by molar-refractivity contribution is 9.11. The number of hydrogen-bond acceptors (Lipinski definition) is 4. The van der Waals surface area contributed by atoms with Crippen molar-refractivity contribution in [2.45, 2.75) is 27.2 Å². The quantitative estimate of drug-likeness (QED) is 0.708. The van der Waals surface area contributed by atoms with Gasteiger partial charge in [-0.15, -0.1) is 0 Å². The van der Waals surface area contributed by atoms with E-state index in [1.165, 1.54) is 0 Å². The predicted octanol–water partition coefficient (Wildman–Crippen LogP) is 5.18. The van der Waals surface area contributed by atoms with Gasteiger partial charge in [-0.05, 0) is 54.4 Å². The van der Waals surface area contributed by atoms with Gasteiger partial charge in [0.1, 0.15) is 17.5 Å². The van der Waals surface area contributed by atoms with Crippen LogP contribution in [-0.2, 0) is 0 Å². The molecule has 1 aromatic heterocycles. The minimum atomic E-state index is 0.743. The minimum absolute atomic E-state index is 0.743. The minimum Gasteiger partial charge on any atom is -0.370 e. The van der Waals surface area contributed by atoms with E-state index >= 15 is 0 Å². The second-order valence-corrected chi connectivity index (χ2v) is 6.54. The fraction of sp³-hybridized carbons (Fsp3) is 0.333. The molecular weight excluding hydrogens is 396 g/mol. The molecule has 1 aromatic carbocycles. The highest BCUT2D eigenvalue weighted by Gasteiger charge is 2.10. The van der Waals surface area contributed by atoms with Gasteiger partial charge >= 0.3 is 0 Å². The highest BCUT2D eigenvalue weighted by atomic mass is 79.9. The van der Waals surface area contributed by atoms with Crippen LogP contribution in [0.3, 0.4) is 0 Å². The normalized spacial score (nSPS) is 10.5.